The highest BCUT2D eigenvalue weighted by atomic mass is 79.9. The summed E-state index contributed by atoms with van der Waals surface area (Å²) in [5.74, 6) is -0.597. The van der Waals surface area contributed by atoms with Crippen molar-refractivity contribution in [2.75, 3.05) is 0 Å². The lowest BCUT2D eigenvalue weighted by Gasteiger charge is -2.01. The molecule has 1 amide bonds. The Kier molecular flexibility index (Phi) is 3.09. The van der Waals surface area contributed by atoms with E-state index in [0.717, 1.165) is 18.3 Å². The summed E-state index contributed by atoms with van der Waals surface area (Å²) < 4.78 is 25.2. The quantitative estimate of drug-likeness (QED) is 0.891. The molecule has 7 heteroatoms. The lowest BCUT2D eigenvalue weighted by Crippen LogP contribution is -2.27. The fraction of sp³-hybridized carbons (Fsp3) is 0.167. The number of hydrogen-bond acceptors (Lipinski definition) is 4. The van der Waals surface area contributed by atoms with E-state index < -0.39 is 15.9 Å². The summed E-state index contributed by atoms with van der Waals surface area (Å²) >= 11 is 4.12. The molecule has 4 nitrogen and oxygen atoms in total. The maximum Gasteiger partial charge on any atom is 0.274 e. The molecule has 0 saturated carbocycles. The molecule has 0 bridgehead atoms. The molecule has 1 N–H and O–H groups in total. The molecule has 0 radical (unpaired) electrons. The molecular weight excluding hydrogens is 278 g/mol. The standard InChI is InChI=1S/C6H6BrNO3S2/c1-4(9)8-13(10,11)6-5(7)2-3-12-6/h2-3H,1H3,(H,8,9). The Bertz CT molecular complexity index is 423. The SMILES string of the molecule is CC(=O)NS(=O)(=O)c1sccc1Br. The topological polar surface area (TPSA) is 63.2 Å². The fourth-order valence-corrected chi connectivity index (χ4v) is 4.04. The highest BCUT2D eigenvalue weighted by molar-refractivity contribution is 9.10. The first-order chi connectivity index (χ1) is 5.93. The van der Waals surface area contributed by atoms with Crippen LogP contribution >= 0.6 is 27.3 Å². The van der Waals surface area contributed by atoms with Gasteiger partial charge in [0.2, 0.25) is 5.91 Å². The monoisotopic (exact) mass is 283 g/mol. The maximum atomic E-state index is 11.4. The molecule has 13 heavy (non-hydrogen) atoms. The fourth-order valence-electron chi connectivity index (χ4n) is 0.707. The second-order valence-corrected chi connectivity index (χ2v) is 5.87. The van der Waals surface area contributed by atoms with Crippen LogP contribution in [0, 0.1) is 0 Å². The molecule has 0 atom stereocenters. The predicted octanol–water partition coefficient (Wildman–Crippen LogP) is 1.34. The Morgan fingerprint density at radius 2 is 2.23 bits per heavy atom. The van der Waals surface area contributed by atoms with Crippen LogP contribution in [0.5, 0.6) is 0 Å². The zero-order valence-electron chi connectivity index (χ0n) is 6.57. The number of nitrogens with one attached hydrogen (secondary N) is 1. The van der Waals surface area contributed by atoms with Crippen molar-refractivity contribution in [1.29, 1.82) is 0 Å². The molecule has 0 aliphatic rings. The molecule has 1 aromatic heterocycles. The van der Waals surface area contributed by atoms with Crippen LogP contribution in [0.4, 0.5) is 0 Å². The van der Waals surface area contributed by atoms with Gasteiger partial charge in [-0.2, -0.15) is 0 Å². The highest BCUT2D eigenvalue weighted by Crippen LogP contribution is 2.27. The molecule has 1 aromatic rings. The van der Waals surface area contributed by atoms with E-state index in [1.54, 1.807) is 11.4 Å². The van der Waals surface area contributed by atoms with Crippen molar-refractivity contribution in [3.63, 3.8) is 0 Å². The van der Waals surface area contributed by atoms with Gasteiger partial charge in [0.1, 0.15) is 0 Å². The first kappa shape index (κ1) is 10.7. The summed E-state index contributed by atoms with van der Waals surface area (Å²) in [7, 11) is -3.67. The summed E-state index contributed by atoms with van der Waals surface area (Å²) in [5, 5.41) is 1.62. The molecule has 0 spiro atoms. The van der Waals surface area contributed by atoms with Crippen LogP contribution in [-0.4, -0.2) is 14.3 Å². The van der Waals surface area contributed by atoms with Gasteiger partial charge in [-0.1, -0.05) is 0 Å². The Morgan fingerprint density at radius 3 is 2.62 bits per heavy atom. The first-order valence-electron chi connectivity index (χ1n) is 3.20. The normalized spacial score (nSPS) is 11.2. The Hall–Kier alpha value is -0.400. The van der Waals surface area contributed by atoms with Crippen LogP contribution < -0.4 is 4.72 Å². The number of amides is 1. The van der Waals surface area contributed by atoms with E-state index in [-0.39, 0.29) is 4.21 Å². The number of sulfonamides is 1. The second kappa shape index (κ2) is 3.77. The van der Waals surface area contributed by atoms with Crippen molar-refractivity contribution in [3.05, 3.63) is 15.9 Å². The van der Waals surface area contributed by atoms with Crippen molar-refractivity contribution in [2.24, 2.45) is 0 Å². The van der Waals surface area contributed by atoms with Crippen LogP contribution in [0.25, 0.3) is 0 Å². The zero-order valence-corrected chi connectivity index (χ0v) is 9.79. The van der Waals surface area contributed by atoms with Gasteiger partial charge in [0, 0.05) is 11.4 Å². The number of hydrogen-bond donors (Lipinski definition) is 1. The van der Waals surface area contributed by atoms with E-state index in [9.17, 15) is 13.2 Å². The van der Waals surface area contributed by atoms with Crippen LogP contribution in [0.15, 0.2) is 20.1 Å². The molecule has 0 aliphatic carbocycles. The summed E-state index contributed by atoms with van der Waals surface area (Å²) in [6, 6.07) is 1.61. The molecule has 1 rings (SSSR count). The molecule has 0 unspecified atom stereocenters. The van der Waals surface area contributed by atoms with E-state index in [4.69, 9.17) is 0 Å². The summed E-state index contributed by atoms with van der Waals surface area (Å²) in [6.07, 6.45) is 0. The van der Waals surface area contributed by atoms with Crippen LogP contribution in [0.2, 0.25) is 0 Å². The van der Waals surface area contributed by atoms with Gasteiger partial charge >= 0.3 is 0 Å². The van der Waals surface area contributed by atoms with Crippen LogP contribution in [-0.2, 0) is 14.8 Å². The van der Waals surface area contributed by atoms with Gasteiger partial charge in [-0.05, 0) is 27.4 Å². The Morgan fingerprint density at radius 1 is 1.62 bits per heavy atom. The van der Waals surface area contributed by atoms with Crippen LogP contribution in [0.1, 0.15) is 6.92 Å². The van der Waals surface area contributed by atoms with E-state index in [1.807, 2.05) is 4.72 Å². The van der Waals surface area contributed by atoms with E-state index in [2.05, 4.69) is 15.9 Å². The van der Waals surface area contributed by atoms with Crippen molar-refractivity contribution in [3.8, 4) is 0 Å². The lowest BCUT2D eigenvalue weighted by atomic mass is 10.7. The third-order valence-electron chi connectivity index (χ3n) is 1.11. The summed E-state index contributed by atoms with van der Waals surface area (Å²) in [4.78, 5) is 10.6. The predicted molar refractivity (Wildman–Crippen MR) is 53.0 cm³/mol. The van der Waals surface area contributed by atoms with Gasteiger partial charge in [0.15, 0.2) is 4.21 Å². The molecule has 0 fully saturated rings. The van der Waals surface area contributed by atoms with Gasteiger partial charge in [-0.15, -0.1) is 11.3 Å². The second-order valence-electron chi connectivity index (χ2n) is 2.22. The molecule has 0 saturated heterocycles. The van der Waals surface area contributed by atoms with E-state index in [1.165, 1.54) is 0 Å². The number of carbonyl (C=O) groups excluding carboxylic acids is 1. The minimum absolute atomic E-state index is 0.114. The van der Waals surface area contributed by atoms with Gasteiger partial charge in [0.05, 0.1) is 0 Å². The minimum atomic E-state index is -3.67. The lowest BCUT2D eigenvalue weighted by molar-refractivity contribution is -0.117. The number of halogens is 1. The van der Waals surface area contributed by atoms with Crippen molar-refractivity contribution >= 4 is 43.2 Å². The number of thiophene rings is 1. The van der Waals surface area contributed by atoms with Gasteiger partial charge in [-0.25, -0.2) is 13.1 Å². The first-order valence-corrected chi connectivity index (χ1v) is 6.35. The van der Waals surface area contributed by atoms with Gasteiger partial charge in [-0.3, -0.25) is 4.79 Å². The smallest absolute Gasteiger partial charge is 0.274 e. The molecular formula is C6H6BrNO3S2. The number of rotatable bonds is 2. The third kappa shape index (κ3) is 2.52. The maximum absolute atomic E-state index is 11.4. The van der Waals surface area contributed by atoms with Crippen LogP contribution in [0.3, 0.4) is 0 Å². The summed E-state index contributed by atoms with van der Waals surface area (Å²) in [5.41, 5.74) is 0. The van der Waals surface area contributed by atoms with Gasteiger partial charge < -0.3 is 0 Å². The molecule has 1 heterocycles. The van der Waals surface area contributed by atoms with E-state index >= 15 is 0 Å². The van der Waals surface area contributed by atoms with Crippen molar-refractivity contribution in [1.82, 2.24) is 4.72 Å². The minimum Gasteiger partial charge on any atom is -0.274 e. The Labute approximate surface area is 88.1 Å². The van der Waals surface area contributed by atoms with Crippen molar-refractivity contribution < 1.29 is 13.2 Å². The molecule has 72 valence electrons. The average molecular weight is 284 g/mol. The largest absolute Gasteiger partial charge is 0.274 e. The highest BCUT2D eigenvalue weighted by Gasteiger charge is 2.19. The summed E-state index contributed by atoms with van der Waals surface area (Å²) in [6.45, 7) is 1.15. The number of carbonyl (C=O) groups is 1. The van der Waals surface area contributed by atoms with Crippen molar-refractivity contribution in [2.45, 2.75) is 11.1 Å². The average Bonchev–Trinajstić information content (AvgIpc) is 2.32. The zero-order chi connectivity index (χ0) is 10.1. The Balaban J connectivity index is 3.09. The molecule has 0 aliphatic heterocycles. The van der Waals surface area contributed by atoms with E-state index in [0.29, 0.717) is 4.47 Å². The third-order valence-corrected chi connectivity index (χ3v) is 5.21. The molecule has 0 aromatic carbocycles. The van der Waals surface area contributed by atoms with Gasteiger partial charge in [0.25, 0.3) is 10.0 Å².